The number of guanidine groups is 1. The van der Waals surface area contributed by atoms with E-state index in [1.807, 2.05) is 6.92 Å². The van der Waals surface area contributed by atoms with Gasteiger partial charge >= 0.3 is 6.09 Å². The Morgan fingerprint density at radius 1 is 1.36 bits per heavy atom. The number of ether oxygens (including phenoxy) is 3. The van der Waals surface area contributed by atoms with E-state index in [0.29, 0.717) is 45.4 Å². The van der Waals surface area contributed by atoms with E-state index in [4.69, 9.17) is 19.9 Å². The second kappa shape index (κ2) is 12.5. The molecule has 0 saturated carbocycles. The van der Waals surface area contributed by atoms with Gasteiger partial charge < -0.3 is 30.2 Å². The molecule has 2 rings (SSSR count). The first-order valence-corrected chi connectivity index (χ1v) is 8.86. The van der Waals surface area contributed by atoms with E-state index in [-0.39, 0.29) is 42.2 Å². The van der Waals surface area contributed by atoms with Crippen LogP contribution in [0.15, 0.2) is 4.99 Å². The fraction of sp³-hybridized carbons (Fsp3) is 0.875. The van der Waals surface area contributed by atoms with E-state index in [9.17, 15) is 4.79 Å². The molecule has 9 heteroatoms. The maximum Gasteiger partial charge on any atom is 0.409 e. The highest BCUT2D eigenvalue weighted by Gasteiger charge is 2.23. The molecular formula is C16H31IN4O4. The molecule has 0 aliphatic carbocycles. The van der Waals surface area contributed by atoms with Crippen LogP contribution in [0, 0.1) is 0 Å². The molecule has 2 aliphatic rings. The molecule has 8 nitrogen and oxygen atoms in total. The second-order valence-electron chi connectivity index (χ2n) is 6.08. The molecule has 1 amide bonds. The van der Waals surface area contributed by atoms with Gasteiger partial charge in [0.05, 0.1) is 19.3 Å². The molecule has 0 aromatic heterocycles. The molecule has 0 spiro atoms. The zero-order valence-electron chi connectivity index (χ0n) is 14.9. The molecule has 146 valence electrons. The van der Waals surface area contributed by atoms with Gasteiger partial charge in [0.1, 0.15) is 0 Å². The zero-order valence-corrected chi connectivity index (χ0v) is 17.3. The number of aliphatic imine (C=N–C) groups is 1. The van der Waals surface area contributed by atoms with Gasteiger partial charge in [-0.25, -0.2) is 4.79 Å². The molecule has 3 N–H and O–H groups in total. The van der Waals surface area contributed by atoms with Crippen LogP contribution < -0.4 is 11.1 Å². The molecule has 2 saturated heterocycles. The number of nitrogens with one attached hydrogen (secondary N) is 1. The highest BCUT2D eigenvalue weighted by atomic mass is 127. The minimum absolute atomic E-state index is 0. The van der Waals surface area contributed by atoms with Gasteiger partial charge in [0, 0.05) is 38.9 Å². The van der Waals surface area contributed by atoms with Crippen molar-refractivity contribution in [3.63, 3.8) is 0 Å². The fourth-order valence-electron chi connectivity index (χ4n) is 2.83. The van der Waals surface area contributed by atoms with Gasteiger partial charge in [-0.15, -0.1) is 24.0 Å². The number of likely N-dealkylation sites (tertiary alicyclic amines) is 1. The van der Waals surface area contributed by atoms with Crippen LogP contribution in [0.2, 0.25) is 0 Å². The molecule has 0 bridgehead atoms. The molecule has 25 heavy (non-hydrogen) atoms. The van der Waals surface area contributed by atoms with E-state index in [1.165, 1.54) is 0 Å². The lowest BCUT2D eigenvalue weighted by Gasteiger charge is -2.31. The number of amides is 1. The fourth-order valence-corrected chi connectivity index (χ4v) is 2.83. The average molecular weight is 470 g/mol. The van der Waals surface area contributed by atoms with Crippen LogP contribution in [-0.4, -0.2) is 75.2 Å². The minimum atomic E-state index is -0.231. The van der Waals surface area contributed by atoms with E-state index < -0.39 is 0 Å². The summed E-state index contributed by atoms with van der Waals surface area (Å²) >= 11 is 0. The van der Waals surface area contributed by atoms with Crippen LogP contribution in [0.25, 0.3) is 0 Å². The van der Waals surface area contributed by atoms with Crippen LogP contribution >= 0.6 is 24.0 Å². The maximum absolute atomic E-state index is 11.6. The molecule has 0 radical (unpaired) electrons. The Balaban J connectivity index is 0.00000312. The van der Waals surface area contributed by atoms with Crippen molar-refractivity contribution in [3.05, 3.63) is 0 Å². The third-order valence-electron chi connectivity index (χ3n) is 4.20. The van der Waals surface area contributed by atoms with Crippen LogP contribution in [-0.2, 0) is 14.2 Å². The Hall–Kier alpha value is -0.810. The van der Waals surface area contributed by atoms with Crippen LogP contribution in [0.4, 0.5) is 4.79 Å². The summed E-state index contributed by atoms with van der Waals surface area (Å²) in [5.74, 6) is 0.466. The number of hydrogen-bond donors (Lipinski definition) is 2. The standard InChI is InChI=1S/C16H30N4O4.HI/c1-2-23-16(21)20-8-4-13(5-9-20)19-15(17)18-7-3-10-24-14-6-11-22-12-14;/h13-14H,2-12H2,1H3,(H3,17,18,19);1H. The molecule has 1 unspecified atom stereocenters. The number of hydrogen-bond acceptors (Lipinski definition) is 5. The van der Waals surface area contributed by atoms with E-state index >= 15 is 0 Å². The third kappa shape index (κ3) is 8.41. The SMILES string of the molecule is CCOC(=O)N1CCC(NC(N)=NCCCOC2CCOC2)CC1.I. The predicted molar refractivity (Wildman–Crippen MR) is 106 cm³/mol. The predicted octanol–water partition coefficient (Wildman–Crippen LogP) is 1.33. The van der Waals surface area contributed by atoms with Crippen molar-refractivity contribution in [2.24, 2.45) is 10.7 Å². The highest BCUT2D eigenvalue weighted by Crippen LogP contribution is 2.11. The van der Waals surface area contributed by atoms with Crippen molar-refractivity contribution >= 4 is 36.0 Å². The van der Waals surface area contributed by atoms with Crippen molar-refractivity contribution in [2.45, 2.75) is 44.8 Å². The number of carbonyl (C=O) groups excluding carboxylic acids is 1. The number of nitrogens with zero attached hydrogens (tertiary/aromatic N) is 2. The van der Waals surface area contributed by atoms with E-state index in [2.05, 4.69) is 10.3 Å². The van der Waals surface area contributed by atoms with Gasteiger partial charge in [-0.1, -0.05) is 0 Å². The molecule has 1 atom stereocenters. The van der Waals surface area contributed by atoms with Crippen molar-refractivity contribution in [1.29, 1.82) is 0 Å². The van der Waals surface area contributed by atoms with Crippen molar-refractivity contribution in [1.82, 2.24) is 10.2 Å². The Labute approximate surface area is 166 Å². The lowest BCUT2D eigenvalue weighted by atomic mass is 10.1. The third-order valence-corrected chi connectivity index (χ3v) is 4.20. The van der Waals surface area contributed by atoms with Gasteiger partial charge in [-0.05, 0) is 32.6 Å². The van der Waals surface area contributed by atoms with Crippen LogP contribution in [0.5, 0.6) is 0 Å². The quantitative estimate of drug-likeness (QED) is 0.252. The number of halogens is 1. The summed E-state index contributed by atoms with van der Waals surface area (Å²) in [4.78, 5) is 17.7. The summed E-state index contributed by atoms with van der Waals surface area (Å²) in [6, 6.07) is 0.256. The number of piperidine rings is 1. The normalized spacial score (nSPS) is 21.7. The van der Waals surface area contributed by atoms with Gasteiger partial charge in [0.25, 0.3) is 0 Å². The van der Waals surface area contributed by atoms with Crippen molar-refractivity contribution in [3.8, 4) is 0 Å². The maximum atomic E-state index is 11.6. The molecule has 2 fully saturated rings. The summed E-state index contributed by atoms with van der Waals surface area (Å²) in [7, 11) is 0. The summed E-state index contributed by atoms with van der Waals surface area (Å²) in [6.07, 6.45) is 3.54. The molecular weight excluding hydrogens is 439 g/mol. The number of nitrogens with two attached hydrogens (primary N) is 1. The largest absolute Gasteiger partial charge is 0.450 e. The van der Waals surface area contributed by atoms with Crippen molar-refractivity contribution < 1.29 is 19.0 Å². The van der Waals surface area contributed by atoms with Crippen LogP contribution in [0.3, 0.4) is 0 Å². The molecule has 2 heterocycles. The lowest BCUT2D eigenvalue weighted by Crippen LogP contribution is -2.48. The van der Waals surface area contributed by atoms with Gasteiger partial charge in [0.15, 0.2) is 5.96 Å². The summed E-state index contributed by atoms with van der Waals surface area (Å²) in [6.45, 7) is 6.43. The molecule has 0 aromatic carbocycles. The Kier molecular flexibility index (Phi) is 11.1. The monoisotopic (exact) mass is 470 g/mol. The van der Waals surface area contributed by atoms with Gasteiger partial charge in [-0.3, -0.25) is 4.99 Å². The summed E-state index contributed by atoms with van der Waals surface area (Å²) in [5, 5.41) is 3.23. The first kappa shape index (κ1) is 22.2. The average Bonchev–Trinajstić information content (AvgIpc) is 3.09. The Bertz CT molecular complexity index is 411. The highest BCUT2D eigenvalue weighted by molar-refractivity contribution is 14.0. The molecule has 2 aliphatic heterocycles. The lowest BCUT2D eigenvalue weighted by molar-refractivity contribution is 0.0424. The first-order chi connectivity index (χ1) is 11.7. The molecule has 0 aromatic rings. The minimum Gasteiger partial charge on any atom is -0.450 e. The van der Waals surface area contributed by atoms with Crippen LogP contribution in [0.1, 0.15) is 32.6 Å². The van der Waals surface area contributed by atoms with E-state index in [0.717, 1.165) is 32.3 Å². The Morgan fingerprint density at radius 3 is 2.76 bits per heavy atom. The summed E-state index contributed by atoms with van der Waals surface area (Å²) < 4.78 is 16.0. The number of rotatable bonds is 7. The van der Waals surface area contributed by atoms with Gasteiger partial charge in [-0.2, -0.15) is 0 Å². The number of carbonyl (C=O) groups is 1. The van der Waals surface area contributed by atoms with E-state index in [1.54, 1.807) is 4.90 Å². The van der Waals surface area contributed by atoms with Gasteiger partial charge in [0.2, 0.25) is 0 Å². The smallest absolute Gasteiger partial charge is 0.409 e. The summed E-state index contributed by atoms with van der Waals surface area (Å²) in [5.41, 5.74) is 5.92. The second-order valence-corrected chi connectivity index (χ2v) is 6.08. The topological polar surface area (TPSA) is 98.4 Å². The van der Waals surface area contributed by atoms with Crippen molar-refractivity contribution in [2.75, 3.05) is 46.1 Å². The zero-order chi connectivity index (χ0) is 17.2. The first-order valence-electron chi connectivity index (χ1n) is 8.86. The Morgan fingerprint density at radius 2 is 2.12 bits per heavy atom.